The van der Waals surface area contributed by atoms with Gasteiger partial charge in [-0.25, -0.2) is 0 Å². The molecule has 0 saturated carbocycles. The zero-order valence-electron chi connectivity index (χ0n) is 18.0. The van der Waals surface area contributed by atoms with Crippen LogP contribution < -0.4 is 0 Å². The van der Waals surface area contributed by atoms with Gasteiger partial charge in [-0.05, 0) is 16.7 Å². The van der Waals surface area contributed by atoms with Crippen LogP contribution in [-0.2, 0) is 19.9 Å². The van der Waals surface area contributed by atoms with E-state index in [0.717, 1.165) is 16.7 Å². The number of hydrogen-bond acceptors (Lipinski definition) is 4. The molecule has 1 fully saturated rings. The maximum atomic E-state index is 12.6. The van der Waals surface area contributed by atoms with Crippen LogP contribution in [0.4, 0.5) is 0 Å². The summed E-state index contributed by atoms with van der Waals surface area (Å²) in [6.07, 6.45) is 1.38. The number of Topliss-reactive ketones (excluding diaryl/α,β-unsaturated/α-hetero) is 1. The van der Waals surface area contributed by atoms with E-state index in [0.29, 0.717) is 0 Å². The first-order chi connectivity index (χ1) is 15.6. The first-order valence-corrected chi connectivity index (χ1v) is 10.9. The molecule has 1 aliphatic heterocycles. The van der Waals surface area contributed by atoms with E-state index in [2.05, 4.69) is 43.0 Å². The van der Waals surface area contributed by atoms with Crippen molar-refractivity contribution in [2.24, 2.45) is 0 Å². The molecule has 0 bridgehead atoms. The lowest BCUT2D eigenvalue weighted by molar-refractivity contribution is -0.170. The first kappa shape index (κ1) is 22.2. The van der Waals surface area contributed by atoms with Gasteiger partial charge in [-0.3, -0.25) is 4.79 Å². The molecule has 164 valence electrons. The zero-order valence-corrected chi connectivity index (χ0v) is 18.0. The van der Waals surface area contributed by atoms with Crippen LogP contribution in [0.3, 0.4) is 0 Å². The number of carbonyl (C=O) groups is 1. The van der Waals surface area contributed by atoms with Gasteiger partial charge in [-0.2, -0.15) is 0 Å². The highest BCUT2D eigenvalue weighted by Gasteiger charge is 2.43. The summed E-state index contributed by atoms with van der Waals surface area (Å²) in [5.41, 5.74) is 0.603. The Hall–Kier alpha value is -3.05. The fraction of sp³-hybridized carbons (Fsp3) is 0.250. The molecule has 1 N–H and O–H groups in total. The number of rotatable bonds is 8. The fourth-order valence-corrected chi connectivity index (χ4v) is 4.30. The van der Waals surface area contributed by atoms with Gasteiger partial charge in [0.25, 0.3) is 0 Å². The lowest BCUT2D eigenvalue weighted by Crippen LogP contribution is -2.51. The van der Waals surface area contributed by atoms with Crippen molar-refractivity contribution >= 4 is 5.78 Å². The Labute approximate surface area is 189 Å². The van der Waals surface area contributed by atoms with Crippen molar-refractivity contribution in [1.82, 2.24) is 0 Å². The van der Waals surface area contributed by atoms with Crippen LogP contribution in [0, 0.1) is 0 Å². The van der Waals surface area contributed by atoms with Crippen molar-refractivity contribution in [3.8, 4) is 0 Å². The largest absolute Gasteiger partial charge is 0.379 e. The van der Waals surface area contributed by atoms with Crippen molar-refractivity contribution in [2.75, 3.05) is 13.2 Å². The lowest BCUT2D eigenvalue weighted by atomic mass is 9.80. The first-order valence-electron chi connectivity index (χ1n) is 10.9. The quantitative estimate of drug-likeness (QED) is 0.419. The number of ether oxygens (including phenoxy) is 2. The van der Waals surface area contributed by atoms with Gasteiger partial charge in [-0.1, -0.05) is 97.1 Å². The number of aliphatic hydroxyl groups is 1. The number of carbonyl (C=O) groups excluding carboxylic acids is 1. The van der Waals surface area contributed by atoms with Crippen molar-refractivity contribution in [1.29, 1.82) is 0 Å². The smallest absolute Gasteiger partial charge is 0.169 e. The van der Waals surface area contributed by atoms with Crippen molar-refractivity contribution in [2.45, 2.75) is 30.1 Å². The van der Waals surface area contributed by atoms with E-state index < -0.39 is 17.3 Å². The highest BCUT2D eigenvalue weighted by molar-refractivity contribution is 5.88. The predicted molar refractivity (Wildman–Crippen MR) is 124 cm³/mol. The van der Waals surface area contributed by atoms with Crippen LogP contribution in [0.15, 0.2) is 104 Å². The molecule has 4 nitrogen and oxygen atoms in total. The van der Waals surface area contributed by atoms with Crippen LogP contribution in [0.25, 0.3) is 0 Å². The second kappa shape index (κ2) is 9.61. The third-order valence-electron chi connectivity index (χ3n) is 6.00. The normalized spacial score (nSPS) is 21.3. The molecule has 2 atom stereocenters. The summed E-state index contributed by atoms with van der Waals surface area (Å²) in [6.45, 7) is 3.78. The van der Waals surface area contributed by atoms with E-state index in [1.165, 1.54) is 0 Å². The Morgan fingerprint density at radius 1 is 0.938 bits per heavy atom. The van der Waals surface area contributed by atoms with Crippen molar-refractivity contribution in [3.63, 3.8) is 0 Å². The molecule has 3 aromatic rings. The molecule has 1 saturated heterocycles. The molecule has 0 amide bonds. The standard InChI is InChI=1S/C28H28O4/c1-2-18-27(30)21-31-25(19-26(27)29)20-32-28(22-12-6-3-7-13-22,23-14-8-4-9-15-23)24-16-10-5-11-17-24/h2-17,25,30H,1,18-21H2/t25-,27-/m0/s1. The van der Waals surface area contributed by atoms with Gasteiger partial charge in [-0.15, -0.1) is 6.58 Å². The van der Waals surface area contributed by atoms with E-state index in [4.69, 9.17) is 9.47 Å². The second-order valence-electron chi connectivity index (χ2n) is 8.17. The summed E-state index contributed by atoms with van der Waals surface area (Å²) < 4.78 is 12.6. The minimum atomic E-state index is -1.49. The molecular formula is C28H28O4. The predicted octanol–water partition coefficient (Wildman–Crippen LogP) is 4.66. The molecule has 0 spiro atoms. The third kappa shape index (κ3) is 4.30. The average molecular weight is 429 g/mol. The van der Waals surface area contributed by atoms with Gasteiger partial charge in [0.1, 0.15) is 11.2 Å². The molecule has 4 rings (SSSR count). The summed E-state index contributed by atoms with van der Waals surface area (Å²) in [6, 6.07) is 30.2. The van der Waals surface area contributed by atoms with E-state index in [1.807, 2.05) is 54.6 Å². The molecule has 1 aliphatic rings. The summed E-state index contributed by atoms with van der Waals surface area (Å²) in [5, 5.41) is 10.5. The molecule has 0 unspecified atom stereocenters. The topological polar surface area (TPSA) is 55.8 Å². The maximum absolute atomic E-state index is 12.6. The maximum Gasteiger partial charge on any atom is 0.169 e. The van der Waals surface area contributed by atoms with Gasteiger partial charge in [0.15, 0.2) is 5.78 Å². The molecule has 0 radical (unpaired) electrons. The minimum Gasteiger partial charge on any atom is -0.379 e. The summed E-state index contributed by atoms with van der Waals surface area (Å²) >= 11 is 0. The molecule has 4 heteroatoms. The van der Waals surface area contributed by atoms with Crippen LogP contribution >= 0.6 is 0 Å². The monoisotopic (exact) mass is 428 g/mol. The SMILES string of the molecule is C=CC[C@]1(O)CO[C@H](COC(c2ccccc2)(c2ccccc2)c2ccccc2)CC1=O. The van der Waals surface area contributed by atoms with Gasteiger partial charge < -0.3 is 14.6 Å². The lowest BCUT2D eigenvalue weighted by Gasteiger charge is -2.39. The highest BCUT2D eigenvalue weighted by atomic mass is 16.6. The van der Waals surface area contributed by atoms with E-state index in [-0.39, 0.29) is 31.8 Å². The number of benzene rings is 3. The van der Waals surface area contributed by atoms with E-state index in [9.17, 15) is 9.90 Å². The molecule has 0 aromatic heterocycles. The molecular weight excluding hydrogens is 400 g/mol. The number of hydrogen-bond donors (Lipinski definition) is 1. The molecule has 3 aromatic carbocycles. The Kier molecular flexibility index (Phi) is 6.66. The molecule has 0 aliphatic carbocycles. The minimum absolute atomic E-state index is 0.0547. The van der Waals surface area contributed by atoms with Gasteiger partial charge >= 0.3 is 0 Å². The Morgan fingerprint density at radius 2 is 1.41 bits per heavy atom. The van der Waals surface area contributed by atoms with Crippen LogP contribution in [0.5, 0.6) is 0 Å². The van der Waals surface area contributed by atoms with Crippen molar-refractivity contribution < 1.29 is 19.4 Å². The van der Waals surface area contributed by atoms with Gasteiger partial charge in [0.05, 0.1) is 19.3 Å². The van der Waals surface area contributed by atoms with Gasteiger partial charge in [0, 0.05) is 12.8 Å². The zero-order chi connectivity index (χ0) is 22.4. The summed E-state index contributed by atoms with van der Waals surface area (Å²) in [7, 11) is 0. The molecule has 1 heterocycles. The van der Waals surface area contributed by atoms with Crippen LogP contribution in [-0.4, -0.2) is 35.8 Å². The molecule has 32 heavy (non-hydrogen) atoms. The average Bonchev–Trinajstić information content (AvgIpc) is 2.84. The third-order valence-corrected chi connectivity index (χ3v) is 6.00. The van der Waals surface area contributed by atoms with Crippen LogP contribution in [0.2, 0.25) is 0 Å². The Morgan fingerprint density at radius 3 is 1.81 bits per heavy atom. The highest BCUT2D eigenvalue weighted by Crippen LogP contribution is 2.41. The summed E-state index contributed by atoms with van der Waals surface area (Å²) in [4.78, 5) is 12.6. The van der Waals surface area contributed by atoms with E-state index >= 15 is 0 Å². The Balaban J connectivity index is 1.70. The van der Waals surface area contributed by atoms with Crippen molar-refractivity contribution in [3.05, 3.63) is 120 Å². The van der Waals surface area contributed by atoms with E-state index in [1.54, 1.807) is 6.08 Å². The number of ketones is 1. The second-order valence-corrected chi connectivity index (χ2v) is 8.17. The van der Waals surface area contributed by atoms with Crippen LogP contribution in [0.1, 0.15) is 29.5 Å². The Bertz CT molecular complexity index is 936. The van der Waals surface area contributed by atoms with Gasteiger partial charge in [0.2, 0.25) is 0 Å². The summed E-state index contributed by atoms with van der Waals surface area (Å²) in [5.74, 6) is -0.234. The fourth-order valence-electron chi connectivity index (χ4n) is 4.30.